The summed E-state index contributed by atoms with van der Waals surface area (Å²) in [4.78, 5) is 9.87. The van der Waals surface area contributed by atoms with Crippen molar-refractivity contribution in [3.8, 4) is 5.88 Å². The second-order valence-electron chi connectivity index (χ2n) is 8.21. The van der Waals surface area contributed by atoms with E-state index in [0.29, 0.717) is 28.1 Å². The number of hydrogen-bond donors (Lipinski definition) is 2. The Morgan fingerprint density at radius 3 is 2.66 bits per heavy atom. The topological polar surface area (TPSA) is 122 Å². The van der Waals surface area contributed by atoms with Crippen LogP contribution >= 0.6 is 0 Å². The van der Waals surface area contributed by atoms with Gasteiger partial charge in [0.05, 0.1) is 44.9 Å². The molecule has 1 unspecified atom stereocenters. The average Bonchev–Trinajstić information content (AvgIpc) is 3.07. The molecule has 32 heavy (non-hydrogen) atoms. The lowest BCUT2D eigenvalue weighted by Gasteiger charge is -2.24. The predicted molar refractivity (Wildman–Crippen MR) is 126 cm³/mol. The summed E-state index contributed by atoms with van der Waals surface area (Å²) in [5, 5.41) is 2.27. The first-order valence-electron chi connectivity index (χ1n) is 10.5. The van der Waals surface area contributed by atoms with Crippen molar-refractivity contribution in [1.29, 1.82) is 0 Å². The van der Waals surface area contributed by atoms with Crippen LogP contribution in [-0.4, -0.2) is 57.4 Å². The van der Waals surface area contributed by atoms with Crippen LogP contribution in [0, 0.1) is 5.92 Å². The molecule has 0 radical (unpaired) electrons. The number of ether oxygens (including phenoxy) is 2. The third kappa shape index (κ3) is 3.94. The van der Waals surface area contributed by atoms with Gasteiger partial charge in [0.2, 0.25) is 5.88 Å². The lowest BCUT2D eigenvalue weighted by molar-refractivity contribution is 0.0619. The summed E-state index contributed by atoms with van der Waals surface area (Å²) < 4.78 is 26.0. The number of fused-ring (bicyclic) bond motifs is 3. The first kappa shape index (κ1) is 22.5. The Hall–Kier alpha value is -2.69. The number of rotatable bonds is 6. The molecular formula is C22H30N6O3S. The van der Waals surface area contributed by atoms with Gasteiger partial charge in [-0.1, -0.05) is 0 Å². The highest BCUT2D eigenvalue weighted by Crippen LogP contribution is 2.38. The van der Waals surface area contributed by atoms with Gasteiger partial charge >= 0.3 is 0 Å². The normalized spacial score (nSPS) is 16.9. The molecule has 1 atom stereocenters. The minimum absolute atomic E-state index is 0.437. The smallest absolute Gasteiger partial charge is 0.224 e. The van der Waals surface area contributed by atoms with Gasteiger partial charge in [-0.3, -0.25) is 9.19 Å². The van der Waals surface area contributed by atoms with E-state index in [2.05, 4.69) is 9.55 Å². The average molecular weight is 459 g/mol. The summed E-state index contributed by atoms with van der Waals surface area (Å²) in [6.07, 6.45) is 7.00. The molecular weight excluding hydrogens is 428 g/mol. The van der Waals surface area contributed by atoms with Crippen LogP contribution in [0.2, 0.25) is 0 Å². The highest BCUT2D eigenvalue weighted by atomic mass is 32.2. The summed E-state index contributed by atoms with van der Waals surface area (Å²) in [6.45, 7) is 4.07. The van der Waals surface area contributed by atoms with E-state index < -0.39 is 10.8 Å². The Bertz CT molecular complexity index is 1210. The number of nitrogens with two attached hydrogens (primary N) is 2. The molecule has 10 heteroatoms. The molecule has 3 aromatic heterocycles. The van der Waals surface area contributed by atoms with Crippen molar-refractivity contribution in [3.63, 3.8) is 0 Å². The van der Waals surface area contributed by atoms with Crippen molar-refractivity contribution in [2.24, 2.45) is 17.5 Å². The van der Waals surface area contributed by atoms with Crippen LogP contribution in [0.25, 0.3) is 27.6 Å². The number of methoxy groups -OCH3 is 1. The van der Waals surface area contributed by atoms with Crippen LogP contribution in [0.1, 0.15) is 25.3 Å². The molecule has 4 rings (SSSR count). The fourth-order valence-corrected chi connectivity index (χ4v) is 5.19. The molecule has 172 valence electrons. The minimum atomic E-state index is -1.23. The molecule has 3 aromatic rings. The second-order valence-corrected chi connectivity index (χ2v) is 9.56. The molecule has 0 spiro atoms. The highest BCUT2D eigenvalue weighted by Gasteiger charge is 2.25. The molecule has 0 aliphatic carbocycles. The molecule has 0 amide bonds. The van der Waals surface area contributed by atoms with Crippen molar-refractivity contribution >= 4 is 38.4 Å². The number of nitrogens with zero attached hydrogens (tertiary/aromatic N) is 4. The van der Waals surface area contributed by atoms with Gasteiger partial charge < -0.3 is 24.8 Å². The Labute approximate surface area is 189 Å². The van der Waals surface area contributed by atoms with Gasteiger partial charge in [0.15, 0.2) is 0 Å². The van der Waals surface area contributed by atoms with Gasteiger partial charge in [-0.2, -0.15) is 0 Å². The standard InChI is InChI=1S/C22H30N6O3S/c1-13(23)20(27(2)24)15-9-16-19(25-10-15)18-21(17(32(4)29)11-26-22(18)30-3)28(16)12-14-5-7-31-8-6-14/h9-11,14H,5-8,12,23-24H2,1-4H3/b20-13-. The van der Waals surface area contributed by atoms with E-state index in [1.807, 2.05) is 13.0 Å². The lowest BCUT2D eigenvalue weighted by Crippen LogP contribution is -2.26. The van der Waals surface area contributed by atoms with Crippen LogP contribution in [0.5, 0.6) is 5.88 Å². The highest BCUT2D eigenvalue weighted by molar-refractivity contribution is 7.84. The monoisotopic (exact) mass is 458 g/mol. The van der Waals surface area contributed by atoms with Crippen molar-refractivity contribution < 1.29 is 13.7 Å². The van der Waals surface area contributed by atoms with E-state index in [-0.39, 0.29) is 0 Å². The number of allylic oxidation sites excluding steroid dienone is 1. The maximum absolute atomic E-state index is 12.7. The molecule has 0 bridgehead atoms. The molecule has 0 saturated carbocycles. The molecule has 4 N–H and O–H groups in total. The fourth-order valence-electron chi connectivity index (χ4n) is 4.50. The maximum atomic E-state index is 12.7. The lowest BCUT2D eigenvalue weighted by atomic mass is 10.0. The third-order valence-electron chi connectivity index (χ3n) is 5.93. The minimum Gasteiger partial charge on any atom is -0.480 e. The summed E-state index contributed by atoms with van der Waals surface area (Å²) in [5.41, 5.74) is 10.7. The summed E-state index contributed by atoms with van der Waals surface area (Å²) >= 11 is 0. The Balaban J connectivity index is 2.06. The molecule has 9 nitrogen and oxygen atoms in total. The van der Waals surface area contributed by atoms with E-state index in [1.165, 1.54) is 5.01 Å². The van der Waals surface area contributed by atoms with Gasteiger partial charge in [-0.25, -0.2) is 10.8 Å². The number of pyridine rings is 2. The van der Waals surface area contributed by atoms with Gasteiger partial charge in [-0.15, -0.1) is 0 Å². The van der Waals surface area contributed by atoms with E-state index in [1.54, 1.807) is 32.8 Å². The predicted octanol–water partition coefficient (Wildman–Crippen LogP) is 2.21. The number of hydrogen-bond acceptors (Lipinski definition) is 8. The van der Waals surface area contributed by atoms with E-state index in [9.17, 15) is 4.21 Å². The first-order chi connectivity index (χ1) is 15.3. The van der Waals surface area contributed by atoms with Crippen molar-refractivity contribution in [3.05, 3.63) is 29.7 Å². The quantitative estimate of drug-likeness (QED) is 0.426. The zero-order valence-corrected chi connectivity index (χ0v) is 19.7. The first-order valence-corrected chi connectivity index (χ1v) is 12.1. The largest absolute Gasteiger partial charge is 0.480 e. The SMILES string of the molecule is COc1ncc(S(C)=O)c2c1c1ncc(/C(=C(\C)N)N(C)N)cc1n2CC1CCOCC1. The van der Waals surface area contributed by atoms with Crippen molar-refractivity contribution in [1.82, 2.24) is 19.5 Å². The summed E-state index contributed by atoms with van der Waals surface area (Å²) in [6, 6.07) is 2.04. The van der Waals surface area contributed by atoms with Crippen LogP contribution in [0.4, 0.5) is 0 Å². The fraction of sp³-hybridized carbons (Fsp3) is 0.455. The zero-order valence-electron chi connectivity index (χ0n) is 18.9. The Kier molecular flexibility index (Phi) is 6.36. The zero-order chi connectivity index (χ0) is 23.0. The van der Waals surface area contributed by atoms with E-state index >= 15 is 0 Å². The van der Waals surface area contributed by atoms with E-state index in [4.69, 9.17) is 26.0 Å². The summed E-state index contributed by atoms with van der Waals surface area (Å²) in [5.74, 6) is 6.96. The molecule has 1 saturated heterocycles. The molecule has 1 aliphatic heterocycles. The summed E-state index contributed by atoms with van der Waals surface area (Å²) in [7, 11) is 2.10. The van der Waals surface area contributed by atoms with Crippen LogP contribution in [0.3, 0.4) is 0 Å². The second kappa shape index (κ2) is 9.05. The van der Waals surface area contributed by atoms with Gasteiger partial charge in [0, 0.05) is 56.7 Å². The van der Waals surface area contributed by atoms with Crippen LogP contribution in [-0.2, 0) is 22.1 Å². The maximum Gasteiger partial charge on any atom is 0.224 e. The van der Waals surface area contributed by atoms with Gasteiger partial charge in [0.1, 0.15) is 5.52 Å². The third-order valence-corrected chi connectivity index (χ3v) is 6.85. The molecule has 0 aromatic carbocycles. The number of hydrazine groups is 1. The van der Waals surface area contributed by atoms with Crippen molar-refractivity contribution in [2.45, 2.75) is 31.2 Å². The van der Waals surface area contributed by atoms with Crippen LogP contribution < -0.4 is 16.3 Å². The van der Waals surface area contributed by atoms with E-state index in [0.717, 1.165) is 60.1 Å². The molecule has 4 heterocycles. The Morgan fingerprint density at radius 2 is 2.06 bits per heavy atom. The number of aromatic nitrogens is 3. The molecule has 1 aliphatic rings. The Morgan fingerprint density at radius 1 is 1.34 bits per heavy atom. The molecule has 1 fully saturated rings. The van der Waals surface area contributed by atoms with Gasteiger partial charge in [0.25, 0.3) is 0 Å². The van der Waals surface area contributed by atoms with Gasteiger partial charge in [-0.05, 0) is 31.7 Å². The van der Waals surface area contributed by atoms with Crippen LogP contribution in [0.15, 0.2) is 29.1 Å². The van der Waals surface area contributed by atoms with Crippen molar-refractivity contribution in [2.75, 3.05) is 33.6 Å².